The maximum atomic E-state index is 11.4. The van der Waals surface area contributed by atoms with Gasteiger partial charge in [0.2, 0.25) is 0 Å². The van der Waals surface area contributed by atoms with Gasteiger partial charge in [-0.3, -0.25) is 24.5 Å². The van der Waals surface area contributed by atoms with Gasteiger partial charge in [-0.25, -0.2) is 0 Å². The SMILES string of the molecule is [2H]c1c(OC([2H])([2H])[2H])c(OC)c([2H])c2c1C1N(CC([2H])(C([2H])([2H])C([2H])(C)C([2H])([2H])[2H])C([2H])(O)C1([2H])[2H])C([2H])([2H])C2([2H])[2H].[2H]c1c2c(c([2H])c(OC([2H])([2H])[2H])c1OC)C1([2H])CC(O)C(CC(C)C)C([2H])([2H])N1CC2.[2H]c1c2c(c([2H])c(OC)c1OC)C1([2H])CC(O)C(C([2H])([2H])C([2H])(C)C([2H])([2H])[2H])C([2H])([2H])N1CC2.[2H]c1c2c(c([2H])c(OC)c1OC)C1([2H])CC(O)C(CC(C)C)C([2H])([2H])N1CC2.[2H]c1c2c(c([2H])c(OC)c1OC)C1([2H])CC(O)C(CC(C)C)C([2H])([2H])N1CC2. The molecule has 17 atom stereocenters. The summed E-state index contributed by atoms with van der Waals surface area (Å²) in [5.41, 5.74) is 0.0625. The van der Waals surface area contributed by atoms with Crippen LogP contribution in [0.15, 0.2) is 60.4 Å². The highest BCUT2D eigenvalue weighted by Gasteiger charge is 2.45. The van der Waals surface area contributed by atoms with E-state index in [-0.39, 0.29) is 191 Å². The number of ether oxygens (including phenoxy) is 10. The maximum Gasteiger partial charge on any atom is 0.161 e. The lowest BCUT2D eigenvalue weighted by Crippen LogP contribution is -2.48. The first kappa shape index (κ1) is 45.4. The molecule has 5 aromatic rings. The summed E-state index contributed by atoms with van der Waals surface area (Å²) in [5.74, 6) is -15.3. The van der Waals surface area contributed by atoms with Crippen molar-refractivity contribution >= 4 is 0 Å². The van der Waals surface area contributed by atoms with E-state index in [4.69, 9.17) is 108 Å². The van der Waals surface area contributed by atoms with Gasteiger partial charge in [0, 0.05) is 132 Å². The number of nitrogens with zero attached hydrogens (tertiary/aromatic N) is 5. The second-order valence-corrected chi connectivity index (χ2v) is 30.5. The molecule has 17 unspecified atom stereocenters. The van der Waals surface area contributed by atoms with E-state index in [1.54, 1.807) is 0 Å². The van der Waals surface area contributed by atoms with Crippen LogP contribution in [0.4, 0.5) is 0 Å². The van der Waals surface area contributed by atoms with Crippen molar-refractivity contribution in [3.63, 3.8) is 0 Å². The Bertz CT molecular complexity index is 6250. The summed E-state index contributed by atoms with van der Waals surface area (Å²) in [6, 6.07) is -12.9. The van der Waals surface area contributed by atoms with E-state index in [0.717, 1.165) is 18.9 Å². The van der Waals surface area contributed by atoms with E-state index >= 15 is 0 Å². The van der Waals surface area contributed by atoms with Crippen molar-refractivity contribution in [1.82, 2.24) is 24.5 Å². The Morgan fingerprint density at radius 3 is 1.00 bits per heavy atom. The van der Waals surface area contributed by atoms with Crippen molar-refractivity contribution in [3.8, 4) is 57.5 Å². The van der Waals surface area contributed by atoms with Crippen LogP contribution >= 0.6 is 0 Å². The Morgan fingerprint density at radius 1 is 0.400 bits per heavy atom. The fraction of sp³-hybridized carbons (Fsp3) is 0.684. The Hall–Kier alpha value is -6.30. The Morgan fingerprint density at radius 2 is 0.687 bits per heavy atom. The van der Waals surface area contributed by atoms with Gasteiger partial charge in [-0.15, -0.1) is 0 Å². The highest BCUT2D eigenvalue weighted by molar-refractivity contribution is 5.54. The van der Waals surface area contributed by atoms with Crippen LogP contribution in [0.1, 0.15) is 285 Å². The van der Waals surface area contributed by atoms with E-state index < -0.39 is 247 Å². The number of rotatable bonds is 20. The first-order valence-corrected chi connectivity index (χ1v) is 38.7. The molecule has 5 saturated heterocycles. The first-order chi connectivity index (χ1) is 73.8. The minimum Gasteiger partial charge on any atom is -0.493 e. The van der Waals surface area contributed by atoms with E-state index in [2.05, 4.69) is 0 Å². The number of hydrogen-bond donors (Lipinski definition) is 5. The van der Waals surface area contributed by atoms with Crippen molar-refractivity contribution in [2.75, 3.05) is 136 Å². The van der Waals surface area contributed by atoms with E-state index in [1.807, 2.05) is 41.5 Å². The van der Waals surface area contributed by atoms with Gasteiger partial charge in [0.1, 0.15) is 0 Å². The lowest BCUT2D eigenvalue weighted by atomic mass is 9.79. The molecule has 10 aliphatic rings. The molecule has 20 nitrogen and oxygen atoms in total. The predicted molar refractivity (Wildman–Crippen MR) is 456 cm³/mol. The standard InChI is InChI=1S/5C19H29NO3/c5*1-12(2)7-14-11-20-6-5-13-8-18(22-3)19(23-4)9-15(13)16(20)10-17(14)21/h5*8-9,12,14,16-17,21H,5-7,10-11H2,1-4H3/i1D3,4D3,5D2,6D2,7D2,8D,9D,10D2,12D,14D,17D;1D3,7D2,8D,9D,11D2,12D,16D;4D3,8D,9D,11D2,16D;2*8D,9D,11D2,16D. The number of aliphatic hydroxyl groups is 5. The summed E-state index contributed by atoms with van der Waals surface area (Å²) in [5, 5.41) is 54.9. The lowest BCUT2D eigenvalue weighted by Gasteiger charge is -2.46. The molecule has 5 fully saturated rings. The van der Waals surface area contributed by atoms with Crippen LogP contribution < -0.4 is 47.4 Å². The monoisotopic (exact) mass is 1640 g/mol. The first-order valence-electron chi connectivity index (χ1n) is 62.7. The number of aliphatic hydroxyl groups excluding tert-OH is 4. The van der Waals surface area contributed by atoms with Gasteiger partial charge in [0.25, 0.3) is 0 Å². The summed E-state index contributed by atoms with van der Waals surface area (Å²) >= 11 is 0. The molecule has 0 bridgehead atoms. The number of benzene rings is 5. The van der Waals surface area contributed by atoms with Crippen LogP contribution in [0.5, 0.6) is 57.5 Å². The van der Waals surface area contributed by atoms with Crippen molar-refractivity contribution in [2.24, 2.45) is 59.1 Å². The molecule has 0 aromatic heterocycles. The average molecular weight is 1650 g/mol. The zero-order valence-electron chi connectivity index (χ0n) is 116. The third-order valence-corrected chi connectivity index (χ3v) is 21.0. The number of fused-ring (bicyclic) bond motifs is 15. The Balaban J connectivity index is 0.000000193. The third kappa shape index (κ3) is 21.1. The van der Waals surface area contributed by atoms with Gasteiger partial charge in [0.05, 0.1) is 130 Å². The quantitative estimate of drug-likeness (QED) is 0.0491. The lowest BCUT2D eigenvalue weighted by molar-refractivity contribution is -0.0192. The van der Waals surface area contributed by atoms with Gasteiger partial charge in [-0.2, -0.15) is 0 Å². The van der Waals surface area contributed by atoms with Crippen LogP contribution in [0.3, 0.4) is 0 Å². The van der Waals surface area contributed by atoms with Gasteiger partial charge in [-0.05, 0) is 271 Å². The normalized spacial score (nSPS) is 42.2. The van der Waals surface area contributed by atoms with Crippen molar-refractivity contribution < 1.29 is 139 Å². The molecule has 0 spiro atoms. The van der Waals surface area contributed by atoms with Gasteiger partial charge < -0.3 is 72.9 Å². The average Bonchev–Trinajstić information content (AvgIpc) is 0.654. The predicted octanol–water partition coefficient (Wildman–Crippen LogP) is 15.1. The zero-order chi connectivity index (χ0) is 125. The molecule has 15 rings (SSSR count). The topological polar surface area (TPSA) is 210 Å². The van der Waals surface area contributed by atoms with Gasteiger partial charge in [0.15, 0.2) is 57.5 Å². The second-order valence-electron chi connectivity index (χ2n) is 30.5. The van der Waals surface area contributed by atoms with Crippen molar-refractivity contribution in [1.29, 1.82) is 0 Å². The molecule has 0 saturated carbocycles. The molecule has 10 heterocycles. The Kier molecular flexibility index (Phi) is 16.0. The summed E-state index contributed by atoms with van der Waals surface area (Å²) in [7, 11) is 4.14. The van der Waals surface area contributed by atoms with Gasteiger partial charge >= 0.3 is 0 Å². The van der Waals surface area contributed by atoms with E-state index in [0.29, 0.717) is 55.7 Å². The Labute approximate surface area is 757 Å². The molecule has 20 heteroatoms. The van der Waals surface area contributed by atoms with Crippen LogP contribution in [-0.2, 0) is 32.1 Å². The van der Waals surface area contributed by atoms with Crippen LogP contribution in [-0.4, -0.2) is 217 Å². The molecule has 0 amide bonds. The molecule has 5 N–H and O–H groups in total. The van der Waals surface area contributed by atoms with E-state index in [1.165, 1.54) is 64.5 Å². The fourth-order valence-electron chi connectivity index (χ4n) is 15.6. The number of piperidine rings is 5. The highest BCUT2D eigenvalue weighted by atomic mass is 16.5. The van der Waals surface area contributed by atoms with Crippen LogP contribution in [0.2, 0.25) is 0 Å². The minimum atomic E-state index is -4.03. The van der Waals surface area contributed by atoms with Crippen molar-refractivity contribution in [3.05, 3.63) is 116 Å². The highest BCUT2D eigenvalue weighted by Crippen LogP contribution is 2.50. The maximum absolute atomic E-state index is 11.4. The second kappa shape index (κ2) is 40.6. The number of hydrogen-bond acceptors (Lipinski definition) is 20. The molecule has 640 valence electrons. The van der Waals surface area contributed by atoms with Crippen LogP contribution in [0, 0.1) is 59.1 Å². The van der Waals surface area contributed by atoms with Gasteiger partial charge in [-0.1, -0.05) is 69.1 Å². The smallest absolute Gasteiger partial charge is 0.161 e. The van der Waals surface area contributed by atoms with Crippen molar-refractivity contribution in [2.45, 2.75) is 226 Å². The molecule has 10 aliphatic heterocycles. The molecule has 5 aromatic carbocycles. The molecular formula is C95H145N5O15. The summed E-state index contributed by atoms with van der Waals surface area (Å²) < 4.78 is 455. The van der Waals surface area contributed by atoms with E-state index in [9.17, 15) is 31.0 Å². The molecule has 0 aliphatic carbocycles. The minimum absolute atomic E-state index is 0.000437. The number of methoxy groups -OCH3 is 10. The van der Waals surface area contributed by atoms with Crippen LogP contribution in [0.25, 0.3) is 0 Å². The fourth-order valence-corrected chi connectivity index (χ4v) is 15.6. The molecular weight excluding hydrogens is 1450 g/mol. The summed E-state index contributed by atoms with van der Waals surface area (Å²) in [6.45, 7) is -6.65. The third-order valence-electron chi connectivity index (χ3n) is 21.0. The molecule has 115 heavy (non-hydrogen) atoms. The zero-order valence-corrected chi connectivity index (χ0v) is 68.3. The molecule has 0 radical (unpaired) electrons. The summed E-state index contributed by atoms with van der Waals surface area (Å²) in [6.07, 6.45) is -21.5. The largest absolute Gasteiger partial charge is 0.493 e. The summed E-state index contributed by atoms with van der Waals surface area (Å²) in [4.78, 5) is 5.46.